The number of carbonyl (C=O) groups excluding carboxylic acids is 3. The van der Waals surface area contributed by atoms with Gasteiger partial charge in [0.1, 0.15) is 5.60 Å². The number of benzene rings is 2. The van der Waals surface area contributed by atoms with E-state index in [0.29, 0.717) is 0 Å². The lowest BCUT2D eigenvalue weighted by Crippen LogP contribution is -2.68. The first kappa shape index (κ1) is 31.2. The molecule has 12 heteroatoms. The number of azide groups is 1. The fraction of sp³-hybridized carbons (Fsp3) is 0.500. The number of ether oxygens (including phenoxy) is 3. The molecule has 1 amide bonds. The molecule has 4 atom stereocenters. The Morgan fingerprint density at radius 2 is 1.57 bits per heavy atom. The fourth-order valence-corrected chi connectivity index (χ4v) is 10.6. The van der Waals surface area contributed by atoms with Crippen molar-refractivity contribution in [3.8, 4) is 0 Å². The molecular weight excluding hydrogens is 556 g/mol. The summed E-state index contributed by atoms with van der Waals surface area (Å²) in [5.41, 5.74) is 5.07. The van der Waals surface area contributed by atoms with Crippen LogP contribution in [0.25, 0.3) is 10.4 Å². The van der Waals surface area contributed by atoms with Crippen molar-refractivity contribution in [2.45, 2.75) is 69.9 Å². The third-order valence-electron chi connectivity index (χ3n) is 7.90. The van der Waals surface area contributed by atoms with Crippen LogP contribution in [0, 0.1) is 5.41 Å². The Balaban J connectivity index is 1.88. The number of nitrogens with zero attached hydrogens (tertiary/aromatic N) is 3. The summed E-state index contributed by atoms with van der Waals surface area (Å²) in [5.74, 6) is -1.61. The second kappa shape index (κ2) is 11.2. The number of Topliss-reactive ketones (excluding diaryl/α,β-unsaturated/α-hetero) is 1. The quantitative estimate of drug-likeness (QED) is 0.0931. The lowest BCUT2D eigenvalue weighted by Gasteiger charge is -2.45. The minimum Gasteiger partial charge on any atom is -0.468 e. The van der Waals surface area contributed by atoms with Crippen molar-refractivity contribution in [2.75, 3.05) is 20.3 Å². The van der Waals surface area contributed by atoms with Crippen molar-refractivity contribution >= 4 is 36.5 Å². The number of nitrogens with one attached hydrogen (secondary N) is 1. The second-order valence-corrected chi connectivity index (χ2v) is 17.0. The number of ketones is 1. The minimum absolute atomic E-state index is 0.0816. The molecular formula is C30H38N4O7Si. The maximum Gasteiger partial charge on any atom is 0.407 e. The lowest BCUT2D eigenvalue weighted by molar-refractivity contribution is -0.160. The Kier molecular flexibility index (Phi) is 8.31. The Bertz CT molecular complexity index is 1340. The number of hydrogen-bond donors (Lipinski definition) is 1. The van der Waals surface area contributed by atoms with E-state index >= 15 is 0 Å². The molecule has 42 heavy (non-hydrogen) atoms. The van der Waals surface area contributed by atoms with Crippen molar-refractivity contribution in [1.29, 1.82) is 0 Å². The summed E-state index contributed by atoms with van der Waals surface area (Å²) in [4.78, 5) is 44.0. The van der Waals surface area contributed by atoms with Crippen LogP contribution in [0.4, 0.5) is 4.79 Å². The Morgan fingerprint density at radius 3 is 1.98 bits per heavy atom. The van der Waals surface area contributed by atoms with Crippen LogP contribution in [0.3, 0.4) is 0 Å². The summed E-state index contributed by atoms with van der Waals surface area (Å²) in [6.45, 7) is 10.7. The summed E-state index contributed by atoms with van der Waals surface area (Å²) in [6.07, 6.45) is -0.845. The summed E-state index contributed by atoms with van der Waals surface area (Å²) >= 11 is 0. The van der Waals surface area contributed by atoms with Crippen molar-refractivity contribution in [3.05, 3.63) is 71.1 Å². The van der Waals surface area contributed by atoms with Gasteiger partial charge in [0, 0.05) is 4.91 Å². The minimum atomic E-state index is -3.26. The van der Waals surface area contributed by atoms with E-state index in [1.165, 1.54) is 0 Å². The highest BCUT2D eigenvalue weighted by molar-refractivity contribution is 6.99. The molecule has 2 aliphatic rings. The molecule has 0 unspecified atom stereocenters. The van der Waals surface area contributed by atoms with Crippen LogP contribution in [0.15, 0.2) is 65.8 Å². The van der Waals surface area contributed by atoms with E-state index in [2.05, 4.69) is 36.1 Å². The molecule has 0 radical (unpaired) electrons. The van der Waals surface area contributed by atoms with Gasteiger partial charge in [-0.1, -0.05) is 86.5 Å². The number of amides is 1. The van der Waals surface area contributed by atoms with Gasteiger partial charge in [0.25, 0.3) is 8.32 Å². The van der Waals surface area contributed by atoms with Crippen molar-refractivity contribution < 1.29 is 33.0 Å². The van der Waals surface area contributed by atoms with E-state index in [-0.39, 0.29) is 6.61 Å². The average molecular weight is 595 g/mol. The lowest BCUT2D eigenvalue weighted by atomic mass is 9.81. The summed E-state index contributed by atoms with van der Waals surface area (Å²) in [6, 6.07) is 16.8. The van der Waals surface area contributed by atoms with Crippen molar-refractivity contribution in [3.63, 3.8) is 0 Å². The Hall–Kier alpha value is -3.70. The number of esters is 1. The molecule has 0 bridgehead atoms. The number of hydrogen-bond acceptors (Lipinski definition) is 8. The van der Waals surface area contributed by atoms with Crippen LogP contribution in [0.1, 0.15) is 41.5 Å². The zero-order chi connectivity index (χ0) is 31.0. The highest BCUT2D eigenvalue weighted by atomic mass is 28.4. The maximum atomic E-state index is 14.3. The number of rotatable bonds is 8. The van der Waals surface area contributed by atoms with E-state index < -0.39 is 66.5 Å². The highest BCUT2D eigenvalue weighted by Gasteiger charge is 2.78. The second-order valence-electron chi connectivity index (χ2n) is 12.7. The first-order valence-corrected chi connectivity index (χ1v) is 15.7. The standard InChI is InChI=1S/C30H38N4O7Si/c1-27(2,3)41-26(37)32-23-22(33-34-31)29(25(36)38-7,24(35)30(23)19-39-30)18-40-42(28(4,5)6,20-14-10-8-11-15-20)21-16-12-9-13-17-21/h8-17,22-23H,18-19H2,1-7H3,(H,32,37)/t22-,23-,29-,30+/m0/s1. The predicted molar refractivity (Wildman–Crippen MR) is 158 cm³/mol. The molecule has 2 fully saturated rings. The third kappa shape index (κ3) is 5.20. The van der Waals surface area contributed by atoms with Crippen LogP contribution in [-0.4, -0.2) is 69.8 Å². The summed E-state index contributed by atoms with van der Waals surface area (Å²) in [5, 5.41) is 7.94. The van der Waals surface area contributed by atoms with E-state index in [9.17, 15) is 19.9 Å². The number of methoxy groups -OCH3 is 1. The summed E-state index contributed by atoms with van der Waals surface area (Å²) in [7, 11) is -2.11. The largest absolute Gasteiger partial charge is 0.468 e. The summed E-state index contributed by atoms with van der Waals surface area (Å²) < 4.78 is 23.3. The smallest absolute Gasteiger partial charge is 0.407 e. The van der Waals surface area contributed by atoms with Gasteiger partial charge in [-0.25, -0.2) is 4.79 Å². The molecule has 11 nitrogen and oxygen atoms in total. The Labute approximate surface area is 246 Å². The van der Waals surface area contributed by atoms with Gasteiger partial charge in [-0.3, -0.25) is 9.59 Å². The van der Waals surface area contributed by atoms with E-state index in [0.717, 1.165) is 17.5 Å². The van der Waals surface area contributed by atoms with Crippen molar-refractivity contribution in [1.82, 2.24) is 5.32 Å². The monoisotopic (exact) mass is 594 g/mol. The zero-order valence-corrected chi connectivity index (χ0v) is 26.0. The first-order valence-electron chi connectivity index (χ1n) is 13.8. The molecule has 2 aromatic rings. The molecule has 1 aliphatic carbocycles. The third-order valence-corrected chi connectivity index (χ3v) is 12.9. The molecule has 0 aromatic heterocycles. The van der Waals surface area contributed by atoms with Gasteiger partial charge < -0.3 is 24.0 Å². The van der Waals surface area contributed by atoms with E-state index in [1.807, 2.05) is 60.7 Å². The van der Waals surface area contributed by atoms with Gasteiger partial charge in [-0.15, -0.1) is 0 Å². The number of alkyl carbamates (subject to hydrolysis) is 1. The van der Waals surface area contributed by atoms with Gasteiger partial charge in [-0.2, -0.15) is 0 Å². The van der Waals surface area contributed by atoms with Gasteiger partial charge in [0.2, 0.25) is 0 Å². The molecule has 1 saturated carbocycles. The fourth-order valence-electron chi connectivity index (χ4n) is 6.02. The zero-order valence-electron chi connectivity index (χ0n) is 25.0. The normalized spacial score (nSPS) is 25.5. The number of carbonyl (C=O) groups is 3. The molecule has 4 rings (SSSR count). The highest BCUT2D eigenvalue weighted by Crippen LogP contribution is 2.53. The van der Waals surface area contributed by atoms with Crippen LogP contribution >= 0.6 is 0 Å². The molecule has 1 aliphatic heterocycles. The molecule has 1 saturated heterocycles. The number of epoxide rings is 1. The first-order chi connectivity index (χ1) is 19.7. The van der Waals surface area contributed by atoms with Crippen LogP contribution in [-0.2, 0) is 28.2 Å². The van der Waals surface area contributed by atoms with Gasteiger partial charge in [0.15, 0.2) is 16.8 Å². The topological polar surface area (TPSA) is 152 Å². The molecule has 224 valence electrons. The molecule has 1 N–H and O–H groups in total. The van der Waals surface area contributed by atoms with E-state index in [4.69, 9.17) is 18.6 Å². The van der Waals surface area contributed by atoms with Gasteiger partial charge >= 0.3 is 12.1 Å². The maximum absolute atomic E-state index is 14.3. The SMILES string of the molecule is COC(=O)[C@]1(CO[Si](c2ccccc2)(c2ccccc2)C(C)(C)C)C(=O)[C@@]2(CO2)[C@@H](NC(=O)OC(C)(C)C)[C@@H]1N=[N+]=[N-]. The van der Waals surface area contributed by atoms with Crippen molar-refractivity contribution in [2.24, 2.45) is 10.5 Å². The predicted octanol–water partition coefficient (Wildman–Crippen LogP) is 3.65. The van der Waals surface area contributed by atoms with Crippen LogP contribution in [0.2, 0.25) is 5.04 Å². The molecule has 1 spiro atoms. The average Bonchev–Trinajstić information content (AvgIpc) is 3.71. The van der Waals surface area contributed by atoms with Gasteiger partial charge in [0.05, 0.1) is 32.4 Å². The Morgan fingerprint density at radius 1 is 1.05 bits per heavy atom. The molecule has 1 heterocycles. The molecule has 2 aromatic carbocycles. The van der Waals surface area contributed by atoms with Crippen LogP contribution in [0.5, 0.6) is 0 Å². The van der Waals surface area contributed by atoms with Crippen LogP contribution < -0.4 is 15.7 Å². The van der Waals surface area contributed by atoms with E-state index in [1.54, 1.807) is 20.8 Å². The van der Waals surface area contributed by atoms with Gasteiger partial charge in [-0.05, 0) is 41.7 Å².